The molecule has 0 unspecified atom stereocenters. The first kappa shape index (κ1) is 14.3. The zero-order chi connectivity index (χ0) is 13.0. The molecule has 2 aromatic carbocycles. The highest BCUT2D eigenvalue weighted by molar-refractivity contribution is 14.1. The lowest BCUT2D eigenvalue weighted by Crippen LogP contribution is -1.96. The molecule has 0 aliphatic heterocycles. The number of hydrogen-bond acceptors (Lipinski definition) is 1. The summed E-state index contributed by atoms with van der Waals surface area (Å²) in [5.74, 6) is 0.873. The van der Waals surface area contributed by atoms with Gasteiger partial charge in [0.1, 0.15) is 12.4 Å². The Morgan fingerprint density at radius 2 is 1.67 bits per heavy atom. The lowest BCUT2D eigenvalue weighted by molar-refractivity contribution is 0.304. The fraction of sp³-hybridized carbons (Fsp3) is 0.143. The van der Waals surface area contributed by atoms with Crippen molar-refractivity contribution < 1.29 is 4.74 Å². The van der Waals surface area contributed by atoms with Crippen LogP contribution in [0.4, 0.5) is 0 Å². The van der Waals surface area contributed by atoms with Gasteiger partial charge in [-0.1, -0.05) is 34.1 Å². The molecule has 4 heteroatoms. The Hall–Kier alpha value is -0.0700. The minimum atomic E-state index is 0.586. The van der Waals surface area contributed by atoms with E-state index in [1.54, 1.807) is 0 Å². The highest BCUT2D eigenvalue weighted by Crippen LogP contribution is 2.27. The molecule has 0 aliphatic carbocycles. The number of alkyl halides is 1. The van der Waals surface area contributed by atoms with Gasteiger partial charge in [-0.05, 0) is 73.9 Å². The SMILES string of the molecule is BrCc1ccc(OCc2ccc(I)cc2)c(Br)c1. The summed E-state index contributed by atoms with van der Waals surface area (Å²) in [5, 5.41) is 0.850. The van der Waals surface area contributed by atoms with Gasteiger partial charge in [0.05, 0.1) is 4.47 Å². The number of ether oxygens (including phenoxy) is 1. The van der Waals surface area contributed by atoms with Crippen molar-refractivity contribution >= 4 is 54.5 Å². The summed E-state index contributed by atoms with van der Waals surface area (Å²) in [6, 6.07) is 14.5. The molecule has 0 amide bonds. The summed E-state index contributed by atoms with van der Waals surface area (Å²) in [6.07, 6.45) is 0. The summed E-state index contributed by atoms with van der Waals surface area (Å²) < 4.78 is 8.02. The monoisotopic (exact) mass is 480 g/mol. The molecule has 0 saturated heterocycles. The third kappa shape index (κ3) is 3.96. The van der Waals surface area contributed by atoms with E-state index < -0.39 is 0 Å². The Labute approximate surface area is 137 Å². The normalized spacial score (nSPS) is 10.4. The van der Waals surface area contributed by atoms with Crippen LogP contribution in [-0.4, -0.2) is 0 Å². The minimum Gasteiger partial charge on any atom is -0.488 e. The van der Waals surface area contributed by atoms with Gasteiger partial charge in [0.15, 0.2) is 0 Å². The van der Waals surface area contributed by atoms with Gasteiger partial charge in [0.2, 0.25) is 0 Å². The molecular formula is C14H11Br2IO. The zero-order valence-electron chi connectivity index (χ0n) is 9.50. The minimum absolute atomic E-state index is 0.586. The molecule has 0 fully saturated rings. The van der Waals surface area contributed by atoms with Crippen LogP contribution in [0.15, 0.2) is 46.9 Å². The van der Waals surface area contributed by atoms with Gasteiger partial charge < -0.3 is 4.74 Å². The van der Waals surface area contributed by atoms with Crippen LogP contribution in [0.25, 0.3) is 0 Å². The van der Waals surface area contributed by atoms with Crippen molar-refractivity contribution in [2.24, 2.45) is 0 Å². The smallest absolute Gasteiger partial charge is 0.134 e. The Kier molecular flexibility index (Phi) is 5.51. The van der Waals surface area contributed by atoms with E-state index in [9.17, 15) is 0 Å². The van der Waals surface area contributed by atoms with E-state index in [0.29, 0.717) is 6.61 Å². The van der Waals surface area contributed by atoms with Gasteiger partial charge in [0.25, 0.3) is 0 Å². The van der Waals surface area contributed by atoms with E-state index in [-0.39, 0.29) is 0 Å². The molecule has 0 bridgehead atoms. The van der Waals surface area contributed by atoms with Crippen LogP contribution in [0.2, 0.25) is 0 Å². The number of halogens is 3. The lowest BCUT2D eigenvalue weighted by Gasteiger charge is -2.09. The molecule has 2 rings (SSSR count). The topological polar surface area (TPSA) is 9.23 Å². The van der Waals surface area contributed by atoms with Crippen LogP contribution >= 0.6 is 54.5 Å². The fourth-order valence-corrected chi connectivity index (χ4v) is 2.74. The van der Waals surface area contributed by atoms with E-state index in [1.807, 2.05) is 6.07 Å². The van der Waals surface area contributed by atoms with Crippen LogP contribution in [0.5, 0.6) is 5.75 Å². The zero-order valence-corrected chi connectivity index (χ0v) is 14.8. The van der Waals surface area contributed by atoms with Crippen LogP contribution in [-0.2, 0) is 11.9 Å². The summed E-state index contributed by atoms with van der Waals surface area (Å²) in [6.45, 7) is 0.586. The molecular weight excluding hydrogens is 471 g/mol. The maximum Gasteiger partial charge on any atom is 0.134 e. The van der Waals surface area contributed by atoms with Crippen molar-refractivity contribution in [3.63, 3.8) is 0 Å². The molecule has 0 aliphatic rings. The van der Waals surface area contributed by atoms with Crippen molar-refractivity contribution in [3.05, 3.63) is 61.6 Å². The molecule has 0 N–H and O–H groups in total. The van der Waals surface area contributed by atoms with Crippen LogP contribution in [0, 0.1) is 3.57 Å². The van der Waals surface area contributed by atoms with Crippen LogP contribution in [0.3, 0.4) is 0 Å². The number of hydrogen-bond donors (Lipinski definition) is 0. The van der Waals surface area contributed by atoms with Gasteiger partial charge in [-0.25, -0.2) is 0 Å². The van der Waals surface area contributed by atoms with E-state index in [2.05, 4.69) is 90.8 Å². The predicted octanol–water partition coefficient (Wildman–Crippen LogP) is 5.53. The summed E-state index contributed by atoms with van der Waals surface area (Å²) >= 11 is 9.26. The van der Waals surface area contributed by atoms with Crippen molar-refractivity contribution in [2.75, 3.05) is 0 Å². The Bertz CT molecular complexity index is 526. The van der Waals surface area contributed by atoms with Crippen molar-refractivity contribution in [1.29, 1.82) is 0 Å². The highest BCUT2D eigenvalue weighted by atomic mass is 127. The fourth-order valence-electron chi connectivity index (χ4n) is 1.49. The second kappa shape index (κ2) is 6.91. The summed E-state index contributed by atoms with van der Waals surface area (Å²) in [7, 11) is 0. The number of benzene rings is 2. The third-order valence-corrected chi connectivity index (χ3v) is 4.44. The third-order valence-electron chi connectivity index (χ3n) is 2.46. The lowest BCUT2D eigenvalue weighted by atomic mass is 10.2. The Morgan fingerprint density at radius 3 is 2.28 bits per heavy atom. The van der Waals surface area contributed by atoms with Gasteiger partial charge >= 0.3 is 0 Å². The van der Waals surface area contributed by atoms with Crippen molar-refractivity contribution in [2.45, 2.75) is 11.9 Å². The first-order chi connectivity index (χ1) is 8.69. The molecule has 0 saturated carbocycles. The molecule has 0 spiro atoms. The van der Waals surface area contributed by atoms with Gasteiger partial charge in [-0.3, -0.25) is 0 Å². The van der Waals surface area contributed by atoms with Crippen LogP contribution < -0.4 is 4.74 Å². The molecule has 2 aromatic rings. The highest BCUT2D eigenvalue weighted by Gasteiger charge is 2.03. The molecule has 0 radical (unpaired) electrons. The molecule has 0 atom stereocenters. The molecule has 0 heterocycles. The van der Waals surface area contributed by atoms with E-state index >= 15 is 0 Å². The van der Waals surface area contributed by atoms with Crippen LogP contribution in [0.1, 0.15) is 11.1 Å². The average Bonchev–Trinajstić information content (AvgIpc) is 2.39. The van der Waals surface area contributed by atoms with Crippen molar-refractivity contribution in [3.8, 4) is 5.75 Å². The van der Waals surface area contributed by atoms with Gasteiger partial charge in [0, 0.05) is 8.90 Å². The quantitative estimate of drug-likeness (QED) is 0.412. The van der Waals surface area contributed by atoms with E-state index in [4.69, 9.17) is 4.74 Å². The Balaban J connectivity index is 2.04. The first-order valence-corrected chi connectivity index (χ1v) is 8.40. The maximum absolute atomic E-state index is 5.80. The first-order valence-electron chi connectivity index (χ1n) is 5.40. The van der Waals surface area contributed by atoms with E-state index in [1.165, 1.54) is 14.7 Å². The maximum atomic E-state index is 5.80. The second-order valence-electron chi connectivity index (χ2n) is 3.81. The summed E-state index contributed by atoms with van der Waals surface area (Å²) in [5.41, 5.74) is 2.40. The van der Waals surface area contributed by atoms with E-state index in [0.717, 1.165) is 15.6 Å². The standard InChI is InChI=1S/C14H11Br2IO/c15-8-11-3-6-14(13(16)7-11)18-9-10-1-4-12(17)5-2-10/h1-7H,8-9H2. The molecule has 94 valence electrons. The van der Waals surface area contributed by atoms with Gasteiger partial charge in [-0.15, -0.1) is 0 Å². The largest absolute Gasteiger partial charge is 0.488 e. The average molecular weight is 482 g/mol. The molecule has 1 nitrogen and oxygen atoms in total. The molecule has 0 aromatic heterocycles. The molecule has 18 heavy (non-hydrogen) atoms. The van der Waals surface area contributed by atoms with Gasteiger partial charge in [-0.2, -0.15) is 0 Å². The number of rotatable bonds is 4. The van der Waals surface area contributed by atoms with Crippen molar-refractivity contribution in [1.82, 2.24) is 0 Å². The summed E-state index contributed by atoms with van der Waals surface area (Å²) in [4.78, 5) is 0. The Morgan fingerprint density at radius 1 is 1.00 bits per heavy atom. The second-order valence-corrected chi connectivity index (χ2v) is 6.47. The predicted molar refractivity (Wildman–Crippen MR) is 90.3 cm³/mol.